The van der Waals surface area contributed by atoms with E-state index in [1.54, 1.807) is 19.2 Å². The van der Waals surface area contributed by atoms with Crippen molar-refractivity contribution < 1.29 is 31.9 Å². The number of primary amides is 1. The Hall–Kier alpha value is -2.53. The van der Waals surface area contributed by atoms with E-state index in [-0.39, 0.29) is 18.0 Å². The number of ether oxygens (including phenoxy) is 1. The lowest BCUT2D eigenvalue weighted by molar-refractivity contribution is -0.127. The molecule has 0 heterocycles. The van der Waals surface area contributed by atoms with Crippen LogP contribution in [0.25, 0.3) is 0 Å². The smallest absolute Gasteiger partial charge is 0.341 e. The van der Waals surface area contributed by atoms with Crippen molar-refractivity contribution in [3.8, 4) is 0 Å². The highest BCUT2D eigenvalue weighted by Gasteiger charge is 2.26. The first-order valence-electron chi connectivity index (χ1n) is 7.65. The number of nitrogens with zero attached hydrogens (tertiary/aromatic N) is 1. The number of imide groups is 1. The van der Waals surface area contributed by atoms with Crippen LogP contribution >= 0.6 is 0 Å². The minimum atomic E-state index is -3.92. The summed E-state index contributed by atoms with van der Waals surface area (Å²) in [5.41, 5.74) is 4.12. The van der Waals surface area contributed by atoms with Gasteiger partial charge in [0.2, 0.25) is 10.0 Å². The minimum Gasteiger partial charge on any atom is -0.449 e. The largest absolute Gasteiger partial charge is 0.449 e. The van der Waals surface area contributed by atoms with Gasteiger partial charge in [-0.3, -0.25) is 10.1 Å². The summed E-state index contributed by atoms with van der Waals surface area (Å²) in [7, 11) is -3.92. The van der Waals surface area contributed by atoms with Gasteiger partial charge in [-0.2, -0.15) is 4.31 Å². The average Bonchev–Trinajstić information content (AvgIpc) is 2.55. The van der Waals surface area contributed by atoms with E-state index in [9.17, 15) is 27.2 Å². The maximum atomic E-state index is 14.0. The maximum absolute atomic E-state index is 14.0. The first kappa shape index (κ1) is 21.5. The maximum Gasteiger partial charge on any atom is 0.341 e. The quantitative estimate of drug-likeness (QED) is 0.655. The molecule has 0 aliphatic carbocycles. The first-order chi connectivity index (χ1) is 12.0. The van der Waals surface area contributed by atoms with E-state index in [0.29, 0.717) is 0 Å². The number of nitrogens with one attached hydrogen (secondary N) is 1. The molecule has 0 fully saturated rings. The molecule has 3 N–H and O–H groups in total. The van der Waals surface area contributed by atoms with Crippen LogP contribution in [0.15, 0.2) is 23.1 Å². The molecule has 0 radical (unpaired) electrons. The number of nitrogens with two attached hydrogens (primary N) is 1. The van der Waals surface area contributed by atoms with Gasteiger partial charge in [0.15, 0.2) is 6.10 Å². The van der Waals surface area contributed by atoms with Gasteiger partial charge in [0.05, 0.1) is 10.5 Å². The van der Waals surface area contributed by atoms with Gasteiger partial charge in [0, 0.05) is 13.1 Å². The predicted molar refractivity (Wildman–Crippen MR) is 89.1 cm³/mol. The summed E-state index contributed by atoms with van der Waals surface area (Å²) in [6.07, 6.45) is -1.45. The lowest BCUT2D eigenvalue weighted by atomic mass is 10.2. The van der Waals surface area contributed by atoms with E-state index in [4.69, 9.17) is 10.5 Å². The molecular formula is C15H20FN3O6S. The average molecular weight is 389 g/mol. The number of benzene rings is 1. The Bertz CT molecular complexity index is 808. The van der Waals surface area contributed by atoms with Gasteiger partial charge >= 0.3 is 12.0 Å². The number of amides is 3. The van der Waals surface area contributed by atoms with Crippen molar-refractivity contribution in [1.29, 1.82) is 0 Å². The lowest BCUT2D eigenvalue weighted by Crippen LogP contribution is -2.42. The van der Waals surface area contributed by atoms with E-state index in [1.165, 1.54) is 0 Å². The molecule has 0 saturated carbocycles. The summed E-state index contributed by atoms with van der Waals surface area (Å²) in [5, 5.41) is 1.71. The third kappa shape index (κ3) is 4.99. The summed E-state index contributed by atoms with van der Waals surface area (Å²) in [5.74, 6) is -3.28. The van der Waals surface area contributed by atoms with Crippen molar-refractivity contribution in [1.82, 2.24) is 9.62 Å². The van der Waals surface area contributed by atoms with E-state index in [1.807, 2.05) is 0 Å². The molecule has 1 aromatic rings. The topological polar surface area (TPSA) is 136 Å². The molecule has 1 rings (SSSR count). The van der Waals surface area contributed by atoms with Crippen LogP contribution in [-0.2, 0) is 19.6 Å². The second-order valence-electron chi connectivity index (χ2n) is 5.13. The molecule has 0 bridgehead atoms. The fraction of sp³-hybridized carbons (Fsp3) is 0.400. The fourth-order valence-electron chi connectivity index (χ4n) is 2.03. The fourth-order valence-corrected chi connectivity index (χ4v) is 3.52. The van der Waals surface area contributed by atoms with E-state index >= 15 is 0 Å². The van der Waals surface area contributed by atoms with Crippen LogP contribution in [0.1, 0.15) is 31.1 Å². The first-order valence-corrected chi connectivity index (χ1v) is 9.09. The van der Waals surface area contributed by atoms with Gasteiger partial charge in [0.25, 0.3) is 5.91 Å². The number of rotatable bonds is 7. The molecule has 0 unspecified atom stereocenters. The second kappa shape index (κ2) is 8.72. The molecule has 144 valence electrons. The molecule has 26 heavy (non-hydrogen) atoms. The molecule has 1 aromatic carbocycles. The third-order valence-electron chi connectivity index (χ3n) is 3.40. The zero-order chi connectivity index (χ0) is 20.1. The Morgan fingerprint density at radius 1 is 1.27 bits per heavy atom. The Labute approximate surface area is 150 Å². The Morgan fingerprint density at radius 3 is 2.35 bits per heavy atom. The number of hydrogen-bond acceptors (Lipinski definition) is 6. The van der Waals surface area contributed by atoms with Crippen molar-refractivity contribution in [2.45, 2.75) is 31.8 Å². The van der Waals surface area contributed by atoms with Crippen LogP contribution in [-0.4, -0.2) is 49.8 Å². The van der Waals surface area contributed by atoms with E-state index < -0.39 is 45.4 Å². The van der Waals surface area contributed by atoms with Crippen LogP contribution in [0.4, 0.5) is 9.18 Å². The van der Waals surface area contributed by atoms with Crippen molar-refractivity contribution in [2.75, 3.05) is 13.1 Å². The van der Waals surface area contributed by atoms with Crippen molar-refractivity contribution in [2.24, 2.45) is 5.73 Å². The molecule has 3 amide bonds. The normalized spacial score (nSPS) is 12.5. The summed E-state index contributed by atoms with van der Waals surface area (Å²) in [6.45, 7) is 4.81. The predicted octanol–water partition coefficient (Wildman–Crippen LogP) is 0.596. The summed E-state index contributed by atoms with van der Waals surface area (Å²) in [6, 6.07) is 1.55. The third-order valence-corrected chi connectivity index (χ3v) is 5.45. The van der Waals surface area contributed by atoms with E-state index in [0.717, 1.165) is 29.4 Å². The van der Waals surface area contributed by atoms with Crippen LogP contribution in [0.3, 0.4) is 0 Å². The van der Waals surface area contributed by atoms with Gasteiger partial charge in [-0.1, -0.05) is 13.8 Å². The van der Waals surface area contributed by atoms with Crippen LogP contribution in [0.2, 0.25) is 0 Å². The Balaban J connectivity index is 3.12. The van der Waals surface area contributed by atoms with Crippen molar-refractivity contribution in [3.63, 3.8) is 0 Å². The number of esters is 1. The zero-order valence-corrected chi connectivity index (χ0v) is 15.3. The number of urea groups is 1. The standard InChI is InChI=1S/C15H20FN3O6S/c1-4-19(5-2)26(23,24)10-6-7-12(16)11(8-10)14(21)25-9(3)13(20)18-15(17)22/h6-9H,4-5H2,1-3H3,(H3,17,18,20,22)/t9-/m0/s1. The Morgan fingerprint density at radius 2 is 1.85 bits per heavy atom. The molecule has 0 aromatic heterocycles. The molecule has 0 saturated heterocycles. The monoisotopic (exact) mass is 389 g/mol. The minimum absolute atomic E-state index is 0.195. The van der Waals surface area contributed by atoms with Gasteiger partial charge < -0.3 is 10.5 Å². The highest BCUT2D eigenvalue weighted by molar-refractivity contribution is 7.89. The number of carbonyl (C=O) groups is 3. The van der Waals surface area contributed by atoms with Crippen LogP contribution < -0.4 is 11.1 Å². The summed E-state index contributed by atoms with van der Waals surface area (Å²) in [4.78, 5) is 33.9. The number of carbonyl (C=O) groups excluding carboxylic acids is 3. The number of halogens is 1. The Kier molecular flexibility index (Phi) is 7.21. The summed E-state index contributed by atoms with van der Waals surface area (Å²) >= 11 is 0. The molecule has 0 aliphatic rings. The molecule has 9 nitrogen and oxygen atoms in total. The molecule has 11 heteroatoms. The van der Waals surface area contributed by atoms with Crippen molar-refractivity contribution >= 4 is 27.9 Å². The molecule has 0 spiro atoms. The van der Waals surface area contributed by atoms with Crippen molar-refractivity contribution in [3.05, 3.63) is 29.6 Å². The van der Waals surface area contributed by atoms with E-state index in [2.05, 4.69) is 0 Å². The highest BCUT2D eigenvalue weighted by Crippen LogP contribution is 2.20. The zero-order valence-electron chi connectivity index (χ0n) is 14.5. The molecule has 0 aliphatic heterocycles. The molecule has 1 atom stereocenters. The van der Waals surface area contributed by atoms with Crippen LogP contribution in [0.5, 0.6) is 0 Å². The van der Waals surface area contributed by atoms with Gasteiger partial charge in [-0.25, -0.2) is 22.4 Å². The highest BCUT2D eigenvalue weighted by atomic mass is 32.2. The second-order valence-corrected chi connectivity index (χ2v) is 7.07. The molecular weight excluding hydrogens is 369 g/mol. The SMILES string of the molecule is CCN(CC)S(=O)(=O)c1ccc(F)c(C(=O)O[C@@H](C)C(=O)NC(N)=O)c1. The summed E-state index contributed by atoms with van der Waals surface area (Å²) < 4.78 is 44.8. The number of hydrogen-bond donors (Lipinski definition) is 2. The van der Waals surface area contributed by atoms with Gasteiger partial charge in [-0.15, -0.1) is 0 Å². The number of sulfonamides is 1. The van der Waals surface area contributed by atoms with Crippen LogP contribution in [0, 0.1) is 5.82 Å². The van der Waals surface area contributed by atoms with Gasteiger partial charge in [-0.05, 0) is 25.1 Å². The van der Waals surface area contributed by atoms with Gasteiger partial charge in [0.1, 0.15) is 5.82 Å². The lowest BCUT2D eigenvalue weighted by Gasteiger charge is -2.19.